The number of aliphatic hydroxyl groups excluding tert-OH is 1. The Bertz CT molecular complexity index is 320. The standard InChI is InChI=1S/C12H18BrNO2/c1-9(8-16-2)12(7-15)14-11-6-4-3-5-10(11)13/h3-6,9,12,14-15H,7-8H2,1-2H3. The molecule has 0 spiro atoms. The first-order valence-electron chi connectivity index (χ1n) is 5.30. The van der Waals surface area contributed by atoms with Crippen molar-refractivity contribution in [2.24, 2.45) is 5.92 Å². The first-order valence-corrected chi connectivity index (χ1v) is 6.09. The third-order valence-corrected chi connectivity index (χ3v) is 3.22. The number of hydrogen-bond donors (Lipinski definition) is 2. The van der Waals surface area contributed by atoms with Gasteiger partial charge in [-0.3, -0.25) is 0 Å². The molecule has 2 atom stereocenters. The first-order chi connectivity index (χ1) is 7.69. The van der Waals surface area contributed by atoms with Crippen LogP contribution in [0.25, 0.3) is 0 Å². The summed E-state index contributed by atoms with van der Waals surface area (Å²) in [4.78, 5) is 0. The van der Waals surface area contributed by atoms with Gasteiger partial charge in [-0.15, -0.1) is 0 Å². The molecular weight excluding hydrogens is 270 g/mol. The zero-order chi connectivity index (χ0) is 12.0. The van der Waals surface area contributed by atoms with Crippen LogP contribution in [0.5, 0.6) is 0 Å². The average molecular weight is 288 g/mol. The minimum atomic E-state index is -0.00125. The number of benzene rings is 1. The molecule has 1 rings (SSSR count). The maximum Gasteiger partial charge on any atom is 0.0636 e. The van der Waals surface area contributed by atoms with Crippen molar-refractivity contribution in [3.05, 3.63) is 28.7 Å². The molecule has 0 aliphatic rings. The topological polar surface area (TPSA) is 41.5 Å². The number of ether oxygens (including phenoxy) is 1. The fraction of sp³-hybridized carbons (Fsp3) is 0.500. The number of nitrogens with one attached hydrogen (secondary N) is 1. The molecule has 0 saturated carbocycles. The Morgan fingerprint density at radius 1 is 1.44 bits per heavy atom. The van der Waals surface area contributed by atoms with Gasteiger partial charge >= 0.3 is 0 Å². The predicted octanol–water partition coefficient (Wildman–Crippen LogP) is 2.50. The zero-order valence-corrected chi connectivity index (χ0v) is 11.2. The van der Waals surface area contributed by atoms with Crippen molar-refractivity contribution < 1.29 is 9.84 Å². The predicted molar refractivity (Wildman–Crippen MR) is 69.7 cm³/mol. The van der Waals surface area contributed by atoms with Gasteiger partial charge in [0.2, 0.25) is 0 Å². The SMILES string of the molecule is COCC(C)C(CO)Nc1ccccc1Br. The molecule has 16 heavy (non-hydrogen) atoms. The number of halogens is 1. The highest BCUT2D eigenvalue weighted by Gasteiger charge is 2.16. The Hall–Kier alpha value is -0.580. The van der Waals surface area contributed by atoms with Gasteiger partial charge in [0.25, 0.3) is 0 Å². The summed E-state index contributed by atoms with van der Waals surface area (Å²) in [5, 5.41) is 12.6. The van der Waals surface area contributed by atoms with Crippen molar-refractivity contribution in [1.29, 1.82) is 0 Å². The molecule has 0 bridgehead atoms. The lowest BCUT2D eigenvalue weighted by molar-refractivity contribution is 0.132. The van der Waals surface area contributed by atoms with E-state index in [9.17, 15) is 5.11 Å². The van der Waals surface area contributed by atoms with E-state index in [0.29, 0.717) is 6.61 Å². The summed E-state index contributed by atoms with van der Waals surface area (Å²) in [6.07, 6.45) is 0. The highest BCUT2D eigenvalue weighted by molar-refractivity contribution is 9.10. The molecule has 0 aliphatic carbocycles. The molecule has 2 unspecified atom stereocenters. The van der Waals surface area contributed by atoms with Crippen LogP contribution in [0.4, 0.5) is 5.69 Å². The van der Waals surface area contributed by atoms with E-state index in [1.54, 1.807) is 7.11 Å². The van der Waals surface area contributed by atoms with Gasteiger partial charge in [-0.1, -0.05) is 19.1 Å². The van der Waals surface area contributed by atoms with E-state index >= 15 is 0 Å². The number of hydrogen-bond acceptors (Lipinski definition) is 3. The Labute approximate surface area is 105 Å². The van der Waals surface area contributed by atoms with Gasteiger partial charge in [0.1, 0.15) is 0 Å². The normalized spacial score (nSPS) is 14.5. The first kappa shape index (κ1) is 13.5. The Morgan fingerprint density at radius 3 is 2.69 bits per heavy atom. The van der Waals surface area contributed by atoms with Gasteiger partial charge in [-0.25, -0.2) is 0 Å². The summed E-state index contributed by atoms with van der Waals surface area (Å²) in [5.41, 5.74) is 0.990. The summed E-state index contributed by atoms with van der Waals surface area (Å²) in [6.45, 7) is 2.77. The van der Waals surface area contributed by atoms with Crippen LogP contribution in [-0.4, -0.2) is 31.5 Å². The average Bonchev–Trinajstić information content (AvgIpc) is 2.28. The van der Waals surface area contributed by atoms with Gasteiger partial charge < -0.3 is 15.2 Å². The van der Waals surface area contributed by atoms with E-state index in [-0.39, 0.29) is 18.6 Å². The molecule has 0 heterocycles. The molecule has 0 fully saturated rings. The number of para-hydroxylation sites is 1. The highest BCUT2D eigenvalue weighted by atomic mass is 79.9. The molecule has 3 nitrogen and oxygen atoms in total. The minimum absolute atomic E-state index is 0.00125. The largest absolute Gasteiger partial charge is 0.394 e. The summed E-state index contributed by atoms with van der Waals surface area (Å²) in [5.74, 6) is 0.252. The lowest BCUT2D eigenvalue weighted by Gasteiger charge is -2.24. The van der Waals surface area contributed by atoms with Crippen molar-refractivity contribution in [2.75, 3.05) is 25.6 Å². The van der Waals surface area contributed by atoms with Crippen molar-refractivity contribution >= 4 is 21.6 Å². The van der Waals surface area contributed by atoms with Gasteiger partial charge in [0, 0.05) is 23.2 Å². The van der Waals surface area contributed by atoms with E-state index in [1.807, 2.05) is 31.2 Å². The molecule has 0 radical (unpaired) electrons. The van der Waals surface area contributed by atoms with Crippen LogP contribution in [0.2, 0.25) is 0 Å². The fourth-order valence-electron chi connectivity index (χ4n) is 1.52. The lowest BCUT2D eigenvalue weighted by atomic mass is 10.0. The third-order valence-electron chi connectivity index (χ3n) is 2.53. The monoisotopic (exact) mass is 287 g/mol. The lowest BCUT2D eigenvalue weighted by Crippen LogP contribution is -2.33. The summed E-state index contributed by atoms with van der Waals surface area (Å²) in [7, 11) is 1.67. The molecule has 0 amide bonds. The molecule has 0 saturated heterocycles. The molecule has 2 N–H and O–H groups in total. The zero-order valence-electron chi connectivity index (χ0n) is 9.61. The maximum absolute atomic E-state index is 9.34. The van der Waals surface area contributed by atoms with Crippen LogP contribution in [0.3, 0.4) is 0 Å². The summed E-state index contributed by atoms with van der Waals surface area (Å²) < 4.78 is 6.09. The van der Waals surface area contributed by atoms with E-state index in [4.69, 9.17) is 4.74 Å². The van der Waals surface area contributed by atoms with Crippen LogP contribution >= 0.6 is 15.9 Å². The van der Waals surface area contributed by atoms with E-state index < -0.39 is 0 Å². The molecule has 0 aliphatic heterocycles. The number of aliphatic hydroxyl groups is 1. The molecule has 90 valence electrons. The summed E-state index contributed by atoms with van der Waals surface area (Å²) in [6, 6.07) is 7.87. The Morgan fingerprint density at radius 2 is 2.12 bits per heavy atom. The quantitative estimate of drug-likeness (QED) is 0.845. The van der Waals surface area contributed by atoms with E-state index in [2.05, 4.69) is 21.2 Å². The molecule has 0 aromatic heterocycles. The second-order valence-electron chi connectivity index (χ2n) is 3.85. The van der Waals surface area contributed by atoms with E-state index in [0.717, 1.165) is 10.2 Å². The molecule has 1 aromatic rings. The van der Waals surface area contributed by atoms with Gasteiger partial charge in [-0.2, -0.15) is 0 Å². The van der Waals surface area contributed by atoms with Crippen LogP contribution in [-0.2, 0) is 4.74 Å². The molecule has 4 heteroatoms. The van der Waals surface area contributed by atoms with Gasteiger partial charge in [-0.05, 0) is 28.1 Å². The summed E-state index contributed by atoms with van der Waals surface area (Å²) >= 11 is 3.47. The Kier molecular flexibility index (Phi) is 5.80. The third kappa shape index (κ3) is 3.77. The Balaban J connectivity index is 2.66. The van der Waals surface area contributed by atoms with Crippen LogP contribution < -0.4 is 5.32 Å². The second-order valence-corrected chi connectivity index (χ2v) is 4.70. The van der Waals surface area contributed by atoms with Crippen LogP contribution in [0.15, 0.2) is 28.7 Å². The second kappa shape index (κ2) is 6.89. The van der Waals surface area contributed by atoms with Crippen LogP contribution in [0, 0.1) is 5.92 Å². The highest BCUT2D eigenvalue weighted by Crippen LogP contribution is 2.23. The van der Waals surface area contributed by atoms with Gasteiger partial charge in [0.15, 0.2) is 0 Å². The van der Waals surface area contributed by atoms with Crippen molar-refractivity contribution in [3.8, 4) is 0 Å². The number of anilines is 1. The van der Waals surface area contributed by atoms with Gasteiger partial charge in [0.05, 0.1) is 19.3 Å². The maximum atomic E-state index is 9.34. The fourth-order valence-corrected chi connectivity index (χ4v) is 1.92. The minimum Gasteiger partial charge on any atom is -0.394 e. The van der Waals surface area contributed by atoms with Crippen LogP contribution in [0.1, 0.15) is 6.92 Å². The van der Waals surface area contributed by atoms with Crippen molar-refractivity contribution in [1.82, 2.24) is 0 Å². The smallest absolute Gasteiger partial charge is 0.0636 e. The number of methoxy groups -OCH3 is 1. The van der Waals surface area contributed by atoms with Crippen molar-refractivity contribution in [2.45, 2.75) is 13.0 Å². The van der Waals surface area contributed by atoms with Crippen molar-refractivity contribution in [3.63, 3.8) is 0 Å². The number of rotatable bonds is 6. The van der Waals surface area contributed by atoms with E-state index in [1.165, 1.54) is 0 Å². The molecule has 1 aromatic carbocycles. The molecular formula is C12H18BrNO2.